The third kappa shape index (κ3) is 3.39. The lowest BCUT2D eigenvalue weighted by Crippen LogP contribution is -2.43. The molecule has 1 saturated carbocycles. The Labute approximate surface area is 123 Å². The van der Waals surface area contributed by atoms with Gasteiger partial charge in [0.15, 0.2) is 0 Å². The third-order valence-corrected chi connectivity index (χ3v) is 5.06. The highest BCUT2D eigenvalue weighted by Crippen LogP contribution is 2.26. The van der Waals surface area contributed by atoms with E-state index in [2.05, 4.69) is 39.4 Å². The van der Waals surface area contributed by atoms with Crippen LogP contribution in [0.25, 0.3) is 0 Å². The third-order valence-electron chi connectivity index (χ3n) is 4.56. The normalized spacial score (nSPS) is 30.9. The monoisotopic (exact) mass is 323 g/mol. The van der Waals surface area contributed by atoms with Crippen molar-refractivity contribution in [3.05, 3.63) is 33.8 Å². The van der Waals surface area contributed by atoms with Gasteiger partial charge in [0.2, 0.25) is 0 Å². The van der Waals surface area contributed by atoms with Crippen LogP contribution in [-0.4, -0.2) is 23.3 Å². The minimum Gasteiger partial charge on any atom is -0.393 e. The van der Waals surface area contributed by atoms with Crippen LogP contribution in [0, 0.1) is 0 Å². The predicted molar refractivity (Wildman–Crippen MR) is 81.4 cm³/mol. The van der Waals surface area contributed by atoms with E-state index in [1.54, 1.807) is 0 Å². The summed E-state index contributed by atoms with van der Waals surface area (Å²) < 4.78 is 1.19. The second kappa shape index (κ2) is 5.94. The molecular formula is C16H22BrNO. The van der Waals surface area contributed by atoms with E-state index in [-0.39, 0.29) is 6.10 Å². The molecule has 2 aliphatic carbocycles. The van der Waals surface area contributed by atoms with Crippen LogP contribution in [0.15, 0.2) is 22.7 Å². The average Bonchev–Trinajstić information content (AvgIpc) is 2.42. The Morgan fingerprint density at radius 2 is 1.79 bits per heavy atom. The SMILES string of the molecule is OC1CCC(N[C@@H]2CCc3cc(Br)ccc3C2)CC1. The van der Waals surface area contributed by atoms with Gasteiger partial charge in [0.05, 0.1) is 6.10 Å². The van der Waals surface area contributed by atoms with Gasteiger partial charge >= 0.3 is 0 Å². The molecule has 0 bridgehead atoms. The minimum atomic E-state index is -0.0533. The molecule has 0 aliphatic heterocycles. The highest BCUT2D eigenvalue weighted by Gasteiger charge is 2.24. The van der Waals surface area contributed by atoms with Gasteiger partial charge in [-0.2, -0.15) is 0 Å². The van der Waals surface area contributed by atoms with Crippen LogP contribution in [-0.2, 0) is 12.8 Å². The Kier molecular flexibility index (Phi) is 4.25. The zero-order valence-electron chi connectivity index (χ0n) is 11.2. The van der Waals surface area contributed by atoms with E-state index in [4.69, 9.17) is 0 Å². The van der Waals surface area contributed by atoms with Crippen molar-refractivity contribution < 1.29 is 5.11 Å². The van der Waals surface area contributed by atoms with Gasteiger partial charge in [-0.3, -0.25) is 0 Å². The van der Waals surface area contributed by atoms with Gasteiger partial charge in [-0.1, -0.05) is 22.0 Å². The largest absolute Gasteiger partial charge is 0.393 e. The maximum absolute atomic E-state index is 9.56. The van der Waals surface area contributed by atoms with E-state index in [9.17, 15) is 5.11 Å². The molecule has 104 valence electrons. The van der Waals surface area contributed by atoms with Gasteiger partial charge in [-0.25, -0.2) is 0 Å². The van der Waals surface area contributed by atoms with Gasteiger partial charge in [0.1, 0.15) is 0 Å². The zero-order valence-corrected chi connectivity index (χ0v) is 12.8. The second-order valence-corrected chi connectivity index (χ2v) is 6.94. The molecule has 2 aliphatic rings. The Morgan fingerprint density at radius 1 is 1.00 bits per heavy atom. The van der Waals surface area contributed by atoms with E-state index in [0.29, 0.717) is 12.1 Å². The lowest BCUT2D eigenvalue weighted by Gasteiger charge is -2.33. The first-order valence-electron chi connectivity index (χ1n) is 7.42. The predicted octanol–water partition coefficient (Wildman–Crippen LogP) is 3.20. The topological polar surface area (TPSA) is 32.3 Å². The molecule has 19 heavy (non-hydrogen) atoms. The number of halogens is 1. The van der Waals surface area contributed by atoms with Crippen LogP contribution < -0.4 is 5.32 Å². The number of nitrogens with one attached hydrogen (secondary N) is 1. The van der Waals surface area contributed by atoms with E-state index in [1.807, 2.05) is 0 Å². The molecule has 3 rings (SSSR count). The number of aliphatic hydroxyl groups is 1. The molecule has 0 saturated heterocycles. The summed E-state index contributed by atoms with van der Waals surface area (Å²) in [6, 6.07) is 7.91. The van der Waals surface area contributed by atoms with Crippen molar-refractivity contribution in [2.75, 3.05) is 0 Å². The summed E-state index contributed by atoms with van der Waals surface area (Å²) in [4.78, 5) is 0. The van der Waals surface area contributed by atoms with Gasteiger partial charge < -0.3 is 10.4 Å². The zero-order chi connectivity index (χ0) is 13.2. The molecule has 1 fully saturated rings. The van der Waals surface area contributed by atoms with Crippen LogP contribution in [0.1, 0.15) is 43.2 Å². The van der Waals surface area contributed by atoms with Crippen LogP contribution in [0.3, 0.4) is 0 Å². The minimum absolute atomic E-state index is 0.0533. The highest BCUT2D eigenvalue weighted by molar-refractivity contribution is 9.10. The molecular weight excluding hydrogens is 302 g/mol. The number of hydrogen-bond acceptors (Lipinski definition) is 2. The van der Waals surface area contributed by atoms with Crippen molar-refractivity contribution in [3.8, 4) is 0 Å². The summed E-state index contributed by atoms with van der Waals surface area (Å²) in [5.74, 6) is 0. The summed E-state index contributed by atoms with van der Waals surface area (Å²) >= 11 is 3.55. The van der Waals surface area contributed by atoms with Crippen LogP contribution in [0.5, 0.6) is 0 Å². The maximum Gasteiger partial charge on any atom is 0.0541 e. The second-order valence-electron chi connectivity index (χ2n) is 6.02. The van der Waals surface area contributed by atoms with Crippen LogP contribution in [0.2, 0.25) is 0 Å². The van der Waals surface area contributed by atoms with Gasteiger partial charge in [-0.15, -0.1) is 0 Å². The molecule has 2 N–H and O–H groups in total. The number of fused-ring (bicyclic) bond motifs is 1. The fourth-order valence-corrected chi connectivity index (χ4v) is 3.85. The molecule has 1 atom stereocenters. The van der Waals surface area contributed by atoms with Gasteiger partial charge in [0.25, 0.3) is 0 Å². The number of rotatable bonds is 2. The van der Waals surface area contributed by atoms with Crippen LogP contribution in [0.4, 0.5) is 0 Å². The average molecular weight is 324 g/mol. The summed E-state index contributed by atoms with van der Waals surface area (Å²) in [5, 5.41) is 13.4. The maximum atomic E-state index is 9.56. The summed E-state index contributed by atoms with van der Waals surface area (Å²) in [5.41, 5.74) is 3.01. The molecule has 1 aromatic carbocycles. The Bertz CT molecular complexity index is 440. The Morgan fingerprint density at radius 3 is 2.58 bits per heavy atom. The Hall–Kier alpha value is -0.380. The van der Waals surface area contributed by atoms with Crippen molar-refractivity contribution >= 4 is 15.9 Å². The summed E-state index contributed by atoms with van der Waals surface area (Å²) in [7, 11) is 0. The number of hydrogen-bond donors (Lipinski definition) is 2. The fourth-order valence-electron chi connectivity index (χ4n) is 3.44. The van der Waals surface area contributed by atoms with Gasteiger partial charge in [0, 0.05) is 16.6 Å². The lowest BCUT2D eigenvalue weighted by atomic mass is 9.86. The number of aryl methyl sites for hydroxylation is 1. The molecule has 0 spiro atoms. The number of benzene rings is 1. The summed E-state index contributed by atoms with van der Waals surface area (Å²) in [6.07, 6.45) is 7.71. The van der Waals surface area contributed by atoms with E-state index < -0.39 is 0 Å². The standard InChI is InChI=1S/C16H22BrNO/c17-13-3-1-12-10-15(4-2-11(12)9-13)18-14-5-7-16(19)8-6-14/h1,3,9,14-16,18-19H,2,4-8,10H2/t14?,15-,16?/m1/s1. The van der Waals surface area contributed by atoms with E-state index in [0.717, 1.165) is 32.1 Å². The first-order chi connectivity index (χ1) is 9.20. The van der Waals surface area contributed by atoms with E-state index >= 15 is 0 Å². The first kappa shape index (κ1) is 13.6. The molecule has 0 amide bonds. The molecule has 0 radical (unpaired) electrons. The molecule has 0 aromatic heterocycles. The van der Waals surface area contributed by atoms with E-state index in [1.165, 1.54) is 28.4 Å². The lowest BCUT2D eigenvalue weighted by molar-refractivity contribution is 0.113. The van der Waals surface area contributed by atoms with Gasteiger partial charge in [-0.05, 0) is 68.2 Å². The van der Waals surface area contributed by atoms with Crippen molar-refractivity contribution in [1.29, 1.82) is 0 Å². The fraction of sp³-hybridized carbons (Fsp3) is 0.625. The molecule has 3 heteroatoms. The molecule has 0 unspecified atom stereocenters. The summed E-state index contributed by atoms with van der Waals surface area (Å²) in [6.45, 7) is 0. The smallest absolute Gasteiger partial charge is 0.0541 e. The number of aliphatic hydroxyl groups excluding tert-OH is 1. The van der Waals surface area contributed by atoms with Crippen molar-refractivity contribution in [1.82, 2.24) is 5.32 Å². The van der Waals surface area contributed by atoms with Crippen molar-refractivity contribution in [2.24, 2.45) is 0 Å². The molecule has 0 heterocycles. The molecule has 1 aromatic rings. The van der Waals surface area contributed by atoms with Crippen molar-refractivity contribution in [3.63, 3.8) is 0 Å². The van der Waals surface area contributed by atoms with Crippen molar-refractivity contribution in [2.45, 2.75) is 63.1 Å². The quantitative estimate of drug-likeness (QED) is 0.876. The first-order valence-corrected chi connectivity index (χ1v) is 8.21. The molecule has 2 nitrogen and oxygen atoms in total. The Balaban J connectivity index is 1.58. The highest BCUT2D eigenvalue weighted by atomic mass is 79.9. The van der Waals surface area contributed by atoms with Crippen LogP contribution >= 0.6 is 15.9 Å².